The molecule has 0 aliphatic heterocycles. The summed E-state index contributed by atoms with van der Waals surface area (Å²) >= 11 is 3.38. The Morgan fingerprint density at radius 1 is 1.22 bits per heavy atom. The highest BCUT2D eigenvalue weighted by Crippen LogP contribution is 2.16. The van der Waals surface area contributed by atoms with Crippen LogP contribution in [0.25, 0.3) is 5.78 Å². The highest BCUT2D eigenvalue weighted by Gasteiger charge is 2.23. The lowest BCUT2D eigenvalue weighted by molar-refractivity contribution is 0.529. The van der Waals surface area contributed by atoms with Crippen molar-refractivity contribution < 1.29 is 0 Å². The van der Waals surface area contributed by atoms with Crippen LogP contribution in [0.4, 0.5) is 0 Å². The zero-order chi connectivity index (χ0) is 16.6. The summed E-state index contributed by atoms with van der Waals surface area (Å²) in [4.78, 5) is 12.7. The van der Waals surface area contributed by atoms with Crippen LogP contribution in [0.1, 0.15) is 32.0 Å². The molecule has 1 aromatic carbocycles. The lowest BCUT2D eigenvalue weighted by Crippen LogP contribution is -2.33. The second kappa shape index (κ2) is 5.69. The van der Waals surface area contributed by atoms with Crippen molar-refractivity contribution >= 4 is 27.9 Å². The van der Waals surface area contributed by atoms with Gasteiger partial charge in [-0.3, -0.25) is 4.79 Å². The predicted octanol–water partition coefficient (Wildman–Crippen LogP) is 2.23. The fourth-order valence-corrected chi connectivity index (χ4v) is 2.29. The Balaban J connectivity index is 2.16. The molecule has 2 heterocycles. The van der Waals surface area contributed by atoms with E-state index in [0.717, 1.165) is 10.0 Å². The topological polar surface area (TPSA) is 77.4 Å². The highest BCUT2D eigenvalue weighted by molar-refractivity contribution is 9.10. The SMILES string of the molecule is CC(C)(C)c1nn2cnnc2n(/N=C\c2ccc(Br)cc2)c1=O. The second-order valence-electron chi connectivity index (χ2n) is 6.09. The van der Waals surface area contributed by atoms with Gasteiger partial charge in [0.25, 0.3) is 11.3 Å². The third-order valence-electron chi connectivity index (χ3n) is 3.21. The molecule has 3 rings (SSSR count). The van der Waals surface area contributed by atoms with Crippen molar-refractivity contribution in [2.75, 3.05) is 0 Å². The normalized spacial score (nSPS) is 12.3. The number of aromatic nitrogens is 5. The van der Waals surface area contributed by atoms with E-state index in [1.54, 1.807) is 6.21 Å². The summed E-state index contributed by atoms with van der Waals surface area (Å²) in [5, 5.41) is 16.3. The first kappa shape index (κ1) is 15.5. The van der Waals surface area contributed by atoms with E-state index in [9.17, 15) is 4.79 Å². The Kier molecular flexibility index (Phi) is 3.85. The predicted molar refractivity (Wildman–Crippen MR) is 90.9 cm³/mol. The molecule has 0 N–H and O–H groups in total. The summed E-state index contributed by atoms with van der Waals surface area (Å²) in [6.45, 7) is 5.78. The van der Waals surface area contributed by atoms with Crippen LogP contribution in [0.2, 0.25) is 0 Å². The van der Waals surface area contributed by atoms with Gasteiger partial charge in [0.15, 0.2) is 0 Å². The average molecular weight is 375 g/mol. The number of fused-ring (bicyclic) bond motifs is 1. The van der Waals surface area contributed by atoms with Gasteiger partial charge < -0.3 is 0 Å². The van der Waals surface area contributed by atoms with Crippen LogP contribution >= 0.6 is 15.9 Å². The van der Waals surface area contributed by atoms with Crippen molar-refractivity contribution in [2.24, 2.45) is 5.10 Å². The van der Waals surface area contributed by atoms with Crippen molar-refractivity contribution in [3.63, 3.8) is 0 Å². The molecule has 0 aliphatic rings. The number of hydrogen-bond acceptors (Lipinski definition) is 5. The molecular formula is C15H15BrN6O. The minimum atomic E-state index is -0.412. The Hall–Kier alpha value is -2.35. The first-order valence-corrected chi connectivity index (χ1v) is 7.79. The van der Waals surface area contributed by atoms with Gasteiger partial charge >= 0.3 is 0 Å². The highest BCUT2D eigenvalue weighted by atomic mass is 79.9. The van der Waals surface area contributed by atoms with E-state index in [1.807, 2.05) is 45.0 Å². The molecule has 0 saturated heterocycles. The summed E-state index contributed by atoms with van der Waals surface area (Å²) in [6.07, 6.45) is 3.06. The molecule has 0 atom stereocenters. The Morgan fingerprint density at radius 3 is 2.57 bits per heavy atom. The molecule has 0 saturated carbocycles. The van der Waals surface area contributed by atoms with Gasteiger partial charge in [-0.15, -0.1) is 10.2 Å². The van der Waals surface area contributed by atoms with E-state index < -0.39 is 5.41 Å². The maximum absolute atomic E-state index is 12.7. The standard InChI is InChI=1S/C15H15BrN6O/c1-15(2,3)12-13(23)22(14-19-17-9-21(14)20-12)18-8-10-4-6-11(16)7-5-10/h4-9H,1-3H3/b18-8-. The Morgan fingerprint density at radius 2 is 1.91 bits per heavy atom. The minimum Gasteiger partial charge on any atom is -0.265 e. The lowest BCUT2D eigenvalue weighted by atomic mass is 9.93. The molecule has 0 bridgehead atoms. The first-order valence-electron chi connectivity index (χ1n) is 7.00. The van der Waals surface area contributed by atoms with Gasteiger partial charge in [-0.25, -0.2) is 0 Å². The molecule has 3 aromatic rings. The van der Waals surface area contributed by atoms with Gasteiger partial charge in [0.1, 0.15) is 12.0 Å². The van der Waals surface area contributed by atoms with E-state index in [2.05, 4.69) is 36.3 Å². The summed E-state index contributed by atoms with van der Waals surface area (Å²) in [5.74, 6) is 0.274. The Bertz CT molecular complexity index is 933. The van der Waals surface area contributed by atoms with Gasteiger partial charge in [-0.05, 0) is 17.7 Å². The fourth-order valence-electron chi connectivity index (χ4n) is 2.02. The van der Waals surface area contributed by atoms with Gasteiger partial charge in [0.2, 0.25) is 0 Å². The third-order valence-corrected chi connectivity index (χ3v) is 3.74. The molecule has 0 fully saturated rings. The fraction of sp³-hybridized carbons (Fsp3) is 0.267. The largest absolute Gasteiger partial charge is 0.298 e. The number of halogens is 1. The van der Waals surface area contributed by atoms with Crippen LogP contribution < -0.4 is 5.56 Å². The van der Waals surface area contributed by atoms with E-state index >= 15 is 0 Å². The van der Waals surface area contributed by atoms with Crippen LogP contribution in [0.15, 0.2) is 45.0 Å². The van der Waals surface area contributed by atoms with Crippen molar-refractivity contribution in [3.8, 4) is 0 Å². The maximum Gasteiger partial charge on any atom is 0.298 e. The lowest BCUT2D eigenvalue weighted by Gasteiger charge is -2.16. The molecule has 2 aromatic heterocycles. The summed E-state index contributed by atoms with van der Waals surface area (Å²) < 4.78 is 3.66. The zero-order valence-corrected chi connectivity index (χ0v) is 14.5. The number of rotatable bonds is 2. The van der Waals surface area contributed by atoms with Crippen LogP contribution in [0.5, 0.6) is 0 Å². The zero-order valence-electron chi connectivity index (χ0n) is 12.9. The van der Waals surface area contributed by atoms with Gasteiger partial charge in [0.05, 0.1) is 6.21 Å². The molecule has 0 unspecified atom stereocenters. The second-order valence-corrected chi connectivity index (χ2v) is 7.00. The molecule has 8 heteroatoms. The van der Waals surface area contributed by atoms with Gasteiger partial charge in [-0.2, -0.15) is 19.4 Å². The first-order chi connectivity index (χ1) is 10.9. The molecule has 0 amide bonds. The molecule has 23 heavy (non-hydrogen) atoms. The molecule has 118 valence electrons. The van der Waals surface area contributed by atoms with Gasteiger partial charge in [-0.1, -0.05) is 48.8 Å². The smallest absolute Gasteiger partial charge is 0.265 e. The van der Waals surface area contributed by atoms with Crippen molar-refractivity contribution in [2.45, 2.75) is 26.2 Å². The molecular weight excluding hydrogens is 360 g/mol. The molecule has 0 aliphatic carbocycles. The van der Waals surface area contributed by atoms with Crippen LogP contribution in [0, 0.1) is 0 Å². The number of hydrogen-bond donors (Lipinski definition) is 0. The molecule has 7 nitrogen and oxygen atoms in total. The van der Waals surface area contributed by atoms with Crippen molar-refractivity contribution in [1.29, 1.82) is 0 Å². The van der Waals surface area contributed by atoms with E-state index in [0.29, 0.717) is 5.69 Å². The summed E-state index contributed by atoms with van der Waals surface area (Å²) in [6, 6.07) is 7.60. The van der Waals surface area contributed by atoms with Crippen molar-refractivity contribution in [1.82, 2.24) is 24.5 Å². The average Bonchev–Trinajstić information content (AvgIpc) is 2.94. The summed E-state index contributed by atoms with van der Waals surface area (Å²) in [7, 11) is 0. The van der Waals surface area contributed by atoms with E-state index in [-0.39, 0.29) is 11.3 Å². The minimum absolute atomic E-state index is 0.274. The van der Waals surface area contributed by atoms with E-state index in [1.165, 1.54) is 15.5 Å². The van der Waals surface area contributed by atoms with Crippen molar-refractivity contribution in [3.05, 3.63) is 56.7 Å². The Labute approximate surface area is 140 Å². The molecule has 0 spiro atoms. The number of benzene rings is 1. The summed E-state index contributed by atoms with van der Waals surface area (Å²) in [5.41, 5.74) is 0.556. The quantitative estimate of drug-likeness (QED) is 0.644. The monoisotopic (exact) mass is 374 g/mol. The third kappa shape index (κ3) is 3.07. The van der Waals surface area contributed by atoms with Crippen LogP contribution in [-0.2, 0) is 5.41 Å². The van der Waals surface area contributed by atoms with Crippen LogP contribution in [0.3, 0.4) is 0 Å². The maximum atomic E-state index is 12.7. The molecule has 0 radical (unpaired) electrons. The van der Waals surface area contributed by atoms with Gasteiger partial charge in [0, 0.05) is 9.89 Å². The van der Waals surface area contributed by atoms with E-state index in [4.69, 9.17) is 0 Å². The number of nitrogens with zero attached hydrogens (tertiary/aromatic N) is 6. The van der Waals surface area contributed by atoms with Crippen LogP contribution in [-0.4, -0.2) is 30.7 Å².